The SMILES string of the molecule is CNc1ccc(C(O)(c2cc(=O)c3ccccc3o2)C(F)(F)F)cc1. The normalized spacial score (nSPS) is 14.3. The second-order valence-electron chi connectivity index (χ2n) is 5.51. The number of alkyl halides is 3. The molecule has 3 rings (SSSR count). The molecule has 0 aliphatic heterocycles. The van der Waals surface area contributed by atoms with Crippen molar-refractivity contribution in [1.82, 2.24) is 0 Å². The van der Waals surface area contributed by atoms with Gasteiger partial charge in [-0.25, -0.2) is 0 Å². The second-order valence-corrected chi connectivity index (χ2v) is 5.51. The predicted molar refractivity (Wildman–Crippen MR) is 87.5 cm³/mol. The van der Waals surface area contributed by atoms with E-state index in [1.165, 1.54) is 30.3 Å². The van der Waals surface area contributed by atoms with Crippen LogP contribution in [0.25, 0.3) is 11.0 Å². The molecule has 1 unspecified atom stereocenters. The molecular formula is C18H14F3NO3. The number of hydrogen-bond donors (Lipinski definition) is 2. The van der Waals surface area contributed by atoms with Crippen molar-refractivity contribution in [2.24, 2.45) is 0 Å². The van der Waals surface area contributed by atoms with E-state index >= 15 is 0 Å². The number of benzene rings is 2. The summed E-state index contributed by atoms with van der Waals surface area (Å²) >= 11 is 0. The molecule has 1 aromatic heterocycles. The number of halogens is 3. The quantitative estimate of drug-likeness (QED) is 0.758. The van der Waals surface area contributed by atoms with Crippen LogP contribution in [0.5, 0.6) is 0 Å². The molecule has 0 fully saturated rings. The maximum atomic E-state index is 13.8. The lowest BCUT2D eigenvalue weighted by Gasteiger charge is -2.30. The second kappa shape index (κ2) is 5.93. The van der Waals surface area contributed by atoms with Crippen molar-refractivity contribution >= 4 is 16.7 Å². The number of rotatable bonds is 3. The Labute approximate surface area is 140 Å². The molecule has 1 atom stereocenters. The van der Waals surface area contributed by atoms with Crippen LogP contribution in [0.1, 0.15) is 11.3 Å². The van der Waals surface area contributed by atoms with Gasteiger partial charge in [0.1, 0.15) is 5.58 Å². The summed E-state index contributed by atoms with van der Waals surface area (Å²) in [5.74, 6) is -0.874. The zero-order valence-corrected chi connectivity index (χ0v) is 13.1. The van der Waals surface area contributed by atoms with Crippen molar-refractivity contribution in [2.45, 2.75) is 11.8 Å². The Hall–Kier alpha value is -2.80. The molecule has 0 amide bonds. The van der Waals surface area contributed by atoms with E-state index in [1.54, 1.807) is 13.1 Å². The van der Waals surface area contributed by atoms with Crippen LogP contribution in [-0.2, 0) is 5.60 Å². The largest absolute Gasteiger partial charge is 0.457 e. The maximum Gasteiger partial charge on any atom is 0.428 e. The van der Waals surface area contributed by atoms with Gasteiger partial charge >= 0.3 is 6.18 Å². The summed E-state index contributed by atoms with van der Waals surface area (Å²) in [5, 5.41) is 13.5. The van der Waals surface area contributed by atoms with Crippen LogP contribution in [-0.4, -0.2) is 18.3 Å². The minimum absolute atomic E-state index is 0.0282. The number of para-hydroxylation sites is 1. The first kappa shape index (κ1) is 17.0. The molecule has 0 aliphatic carbocycles. The third-order valence-corrected chi connectivity index (χ3v) is 3.99. The topological polar surface area (TPSA) is 62.5 Å². The minimum Gasteiger partial charge on any atom is -0.457 e. The van der Waals surface area contributed by atoms with Gasteiger partial charge in [-0.2, -0.15) is 13.2 Å². The molecule has 0 radical (unpaired) electrons. The smallest absolute Gasteiger partial charge is 0.428 e. The van der Waals surface area contributed by atoms with Crippen molar-refractivity contribution in [3.63, 3.8) is 0 Å². The average Bonchev–Trinajstić information content (AvgIpc) is 2.60. The van der Waals surface area contributed by atoms with Crippen LogP contribution in [0.4, 0.5) is 18.9 Å². The summed E-state index contributed by atoms with van der Waals surface area (Å²) in [4.78, 5) is 12.2. The lowest BCUT2D eigenvalue weighted by atomic mass is 9.89. The highest BCUT2D eigenvalue weighted by molar-refractivity contribution is 5.76. The van der Waals surface area contributed by atoms with Gasteiger partial charge in [0.05, 0.1) is 5.39 Å². The molecule has 2 N–H and O–H groups in total. The van der Waals surface area contributed by atoms with Crippen molar-refractivity contribution in [2.75, 3.05) is 12.4 Å². The highest BCUT2D eigenvalue weighted by Gasteiger charge is 2.58. The fraction of sp³-hybridized carbons (Fsp3) is 0.167. The lowest BCUT2D eigenvalue weighted by Crippen LogP contribution is -2.43. The van der Waals surface area contributed by atoms with Gasteiger partial charge < -0.3 is 14.8 Å². The van der Waals surface area contributed by atoms with Crippen LogP contribution in [0.15, 0.2) is 63.8 Å². The fourth-order valence-corrected chi connectivity index (χ4v) is 2.61. The van der Waals surface area contributed by atoms with E-state index < -0.39 is 28.5 Å². The first-order chi connectivity index (χ1) is 11.8. The standard InChI is InChI=1S/C18H14F3NO3/c1-22-12-8-6-11(7-9-12)17(24,18(19,20)21)16-10-14(23)13-4-2-3-5-15(13)25-16/h2-10,22,24H,1H3. The maximum absolute atomic E-state index is 13.8. The summed E-state index contributed by atoms with van der Waals surface area (Å²) in [6, 6.07) is 11.7. The number of nitrogens with one attached hydrogen (secondary N) is 1. The van der Waals surface area contributed by atoms with E-state index in [0.717, 1.165) is 12.1 Å². The van der Waals surface area contributed by atoms with Gasteiger partial charge in [-0.15, -0.1) is 0 Å². The van der Waals surface area contributed by atoms with Gasteiger partial charge in [0.2, 0.25) is 5.60 Å². The van der Waals surface area contributed by atoms with Crippen LogP contribution >= 0.6 is 0 Å². The van der Waals surface area contributed by atoms with E-state index in [4.69, 9.17) is 4.42 Å². The molecule has 7 heteroatoms. The van der Waals surface area contributed by atoms with Crippen LogP contribution < -0.4 is 10.7 Å². The van der Waals surface area contributed by atoms with Gasteiger partial charge in [-0.3, -0.25) is 4.79 Å². The Bertz CT molecular complexity index is 964. The Morgan fingerprint density at radius 3 is 2.28 bits per heavy atom. The number of aliphatic hydroxyl groups is 1. The number of fused-ring (bicyclic) bond motifs is 1. The minimum atomic E-state index is -5.09. The third-order valence-electron chi connectivity index (χ3n) is 3.99. The molecule has 2 aromatic carbocycles. The zero-order chi connectivity index (χ0) is 18.2. The van der Waals surface area contributed by atoms with E-state index in [0.29, 0.717) is 11.8 Å². The molecule has 0 saturated heterocycles. The first-order valence-electron chi connectivity index (χ1n) is 7.38. The molecule has 3 aromatic rings. The van der Waals surface area contributed by atoms with Crippen molar-refractivity contribution < 1.29 is 22.7 Å². The molecule has 1 heterocycles. The van der Waals surface area contributed by atoms with Crippen LogP contribution in [0.2, 0.25) is 0 Å². The molecule has 0 bridgehead atoms. The first-order valence-corrected chi connectivity index (χ1v) is 7.38. The molecular weight excluding hydrogens is 335 g/mol. The highest BCUT2D eigenvalue weighted by Crippen LogP contribution is 2.44. The monoisotopic (exact) mass is 349 g/mol. The summed E-state index contributed by atoms with van der Waals surface area (Å²) in [7, 11) is 1.62. The molecule has 0 aliphatic rings. The van der Waals surface area contributed by atoms with Gasteiger partial charge in [0.25, 0.3) is 0 Å². The van der Waals surface area contributed by atoms with E-state index in [1.807, 2.05) is 0 Å². The zero-order valence-electron chi connectivity index (χ0n) is 13.1. The van der Waals surface area contributed by atoms with Crippen molar-refractivity contribution in [3.05, 3.63) is 76.1 Å². The van der Waals surface area contributed by atoms with Crippen LogP contribution in [0, 0.1) is 0 Å². The Kier molecular flexibility index (Phi) is 4.04. The predicted octanol–water partition coefficient (Wildman–Crippen LogP) is 3.63. The van der Waals surface area contributed by atoms with Crippen LogP contribution in [0.3, 0.4) is 0 Å². The summed E-state index contributed by atoms with van der Waals surface area (Å²) in [5.41, 5.74) is -4.00. The lowest BCUT2D eigenvalue weighted by molar-refractivity contribution is -0.254. The summed E-state index contributed by atoms with van der Waals surface area (Å²) in [6.07, 6.45) is -5.09. The molecule has 130 valence electrons. The van der Waals surface area contributed by atoms with E-state index in [9.17, 15) is 23.1 Å². The Balaban J connectivity index is 2.27. The molecule has 0 spiro atoms. The summed E-state index contributed by atoms with van der Waals surface area (Å²) < 4.78 is 46.5. The van der Waals surface area contributed by atoms with E-state index in [-0.39, 0.29) is 11.0 Å². The number of hydrogen-bond acceptors (Lipinski definition) is 4. The highest BCUT2D eigenvalue weighted by atomic mass is 19.4. The number of anilines is 1. The van der Waals surface area contributed by atoms with Gasteiger partial charge in [0, 0.05) is 24.4 Å². The van der Waals surface area contributed by atoms with E-state index in [2.05, 4.69) is 5.32 Å². The molecule has 4 nitrogen and oxygen atoms in total. The van der Waals surface area contributed by atoms with Crippen molar-refractivity contribution in [1.29, 1.82) is 0 Å². The fourth-order valence-electron chi connectivity index (χ4n) is 2.61. The Morgan fingerprint density at radius 2 is 1.68 bits per heavy atom. The average molecular weight is 349 g/mol. The molecule has 0 saturated carbocycles. The molecule has 25 heavy (non-hydrogen) atoms. The van der Waals surface area contributed by atoms with Gasteiger partial charge in [-0.1, -0.05) is 24.3 Å². The van der Waals surface area contributed by atoms with Crippen molar-refractivity contribution in [3.8, 4) is 0 Å². The summed E-state index contributed by atoms with van der Waals surface area (Å²) in [6.45, 7) is 0. The Morgan fingerprint density at radius 1 is 1.04 bits per heavy atom. The third kappa shape index (κ3) is 2.76. The van der Waals surface area contributed by atoms with Gasteiger partial charge in [-0.05, 0) is 24.3 Å². The van der Waals surface area contributed by atoms with Gasteiger partial charge in [0.15, 0.2) is 11.2 Å².